The first-order valence-electron chi connectivity index (χ1n) is 10.3. The Hall–Kier alpha value is -3.04. The smallest absolute Gasteiger partial charge is 0.240 e. The molecule has 2 heterocycles. The standard InChI is InChI=1S/C22H25N5O3S/c1-16(28)25-17-9-11-18(12-10-17)31(29,30)24-14-15-27-21-8-3-2-6-19(21)22(26-27)20-7-4-5-13-23-20/h4-5,7,9-13,24H,2-3,6,8,14-15H2,1H3,(H,25,28). The SMILES string of the molecule is CC(=O)Nc1ccc(S(=O)(=O)NCCn2nc(-c3ccccn3)c3c2CCCC3)cc1. The Morgan fingerprint density at radius 3 is 2.58 bits per heavy atom. The van der Waals surface area contributed by atoms with Gasteiger partial charge in [0.05, 0.1) is 17.1 Å². The van der Waals surface area contributed by atoms with Crippen LogP contribution in [0.2, 0.25) is 0 Å². The van der Waals surface area contributed by atoms with Crippen LogP contribution in [-0.2, 0) is 34.2 Å². The lowest BCUT2D eigenvalue weighted by Gasteiger charge is -2.14. The fourth-order valence-corrected chi connectivity index (χ4v) is 4.88. The monoisotopic (exact) mass is 439 g/mol. The summed E-state index contributed by atoms with van der Waals surface area (Å²) in [5, 5.41) is 7.39. The van der Waals surface area contributed by atoms with Crippen LogP contribution in [0, 0.1) is 0 Å². The molecule has 0 aliphatic heterocycles. The highest BCUT2D eigenvalue weighted by Crippen LogP contribution is 2.30. The number of amides is 1. The summed E-state index contributed by atoms with van der Waals surface area (Å²) < 4.78 is 29.8. The zero-order chi connectivity index (χ0) is 21.8. The van der Waals surface area contributed by atoms with Crippen LogP contribution >= 0.6 is 0 Å². The summed E-state index contributed by atoms with van der Waals surface area (Å²) >= 11 is 0. The molecule has 0 spiro atoms. The molecule has 1 aromatic carbocycles. The first-order chi connectivity index (χ1) is 14.9. The van der Waals surface area contributed by atoms with Gasteiger partial charge in [0, 0.05) is 36.6 Å². The Bertz CT molecular complexity index is 1170. The molecule has 4 rings (SSSR count). The van der Waals surface area contributed by atoms with Crippen molar-refractivity contribution >= 4 is 21.6 Å². The molecule has 0 bridgehead atoms. The number of pyridine rings is 1. The van der Waals surface area contributed by atoms with Crippen LogP contribution in [0.25, 0.3) is 11.4 Å². The maximum absolute atomic E-state index is 12.6. The maximum Gasteiger partial charge on any atom is 0.240 e. The lowest BCUT2D eigenvalue weighted by Crippen LogP contribution is -2.28. The predicted octanol–water partition coefficient (Wildman–Crippen LogP) is 2.76. The zero-order valence-electron chi connectivity index (χ0n) is 17.3. The van der Waals surface area contributed by atoms with Crippen molar-refractivity contribution in [1.29, 1.82) is 0 Å². The van der Waals surface area contributed by atoms with Gasteiger partial charge in [-0.25, -0.2) is 13.1 Å². The zero-order valence-corrected chi connectivity index (χ0v) is 18.2. The van der Waals surface area contributed by atoms with Gasteiger partial charge < -0.3 is 5.32 Å². The van der Waals surface area contributed by atoms with Crippen molar-refractivity contribution in [3.8, 4) is 11.4 Å². The Kier molecular flexibility index (Phi) is 6.15. The second-order valence-electron chi connectivity index (χ2n) is 7.52. The van der Waals surface area contributed by atoms with Crippen molar-refractivity contribution in [2.24, 2.45) is 0 Å². The first-order valence-corrected chi connectivity index (χ1v) is 11.8. The van der Waals surface area contributed by atoms with Crippen molar-refractivity contribution in [3.05, 3.63) is 59.9 Å². The van der Waals surface area contributed by atoms with Crippen LogP contribution in [0.4, 0.5) is 5.69 Å². The molecule has 8 nitrogen and oxygen atoms in total. The summed E-state index contributed by atoms with van der Waals surface area (Å²) in [7, 11) is -3.66. The molecule has 0 saturated carbocycles. The number of hydrogen-bond acceptors (Lipinski definition) is 5. The minimum atomic E-state index is -3.66. The second kappa shape index (κ2) is 8.99. The van der Waals surface area contributed by atoms with Crippen molar-refractivity contribution < 1.29 is 13.2 Å². The van der Waals surface area contributed by atoms with E-state index in [-0.39, 0.29) is 17.3 Å². The molecular weight excluding hydrogens is 414 g/mol. The fraction of sp³-hybridized carbons (Fsp3) is 0.318. The Balaban J connectivity index is 1.47. The summed E-state index contributed by atoms with van der Waals surface area (Å²) in [5.74, 6) is -0.207. The van der Waals surface area contributed by atoms with E-state index < -0.39 is 10.0 Å². The minimum absolute atomic E-state index is 0.151. The van der Waals surface area contributed by atoms with Gasteiger partial charge in [-0.1, -0.05) is 6.07 Å². The van der Waals surface area contributed by atoms with Crippen LogP contribution in [0.15, 0.2) is 53.6 Å². The molecule has 0 radical (unpaired) electrons. The van der Waals surface area contributed by atoms with Crippen molar-refractivity contribution in [2.75, 3.05) is 11.9 Å². The molecule has 9 heteroatoms. The van der Waals surface area contributed by atoms with Gasteiger partial charge in [-0.3, -0.25) is 14.5 Å². The van der Waals surface area contributed by atoms with Crippen LogP contribution in [0.5, 0.6) is 0 Å². The van der Waals surface area contributed by atoms with Crippen LogP contribution in [-0.4, -0.2) is 35.6 Å². The van der Waals surface area contributed by atoms with Crippen LogP contribution in [0.3, 0.4) is 0 Å². The number of nitrogens with zero attached hydrogens (tertiary/aromatic N) is 3. The average Bonchev–Trinajstić information content (AvgIpc) is 3.13. The van der Waals surface area contributed by atoms with Crippen molar-refractivity contribution in [2.45, 2.75) is 44.0 Å². The third kappa shape index (κ3) is 4.83. The van der Waals surface area contributed by atoms with Gasteiger partial charge in [0.25, 0.3) is 0 Å². The lowest BCUT2D eigenvalue weighted by atomic mass is 9.95. The van der Waals surface area contributed by atoms with E-state index in [9.17, 15) is 13.2 Å². The average molecular weight is 440 g/mol. The van der Waals surface area contributed by atoms with E-state index in [1.807, 2.05) is 22.9 Å². The quantitative estimate of drug-likeness (QED) is 0.589. The Morgan fingerprint density at radius 1 is 1.10 bits per heavy atom. The molecule has 0 saturated heterocycles. The Morgan fingerprint density at radius 2 is 1.87 bits per heavy atom. The van der Waals surface area contributed by atoms with E-state index >= 15 is 0 Å². The van der Waals surface area contributed by atoms with Gasteiger partial charge in [0.1, 0.15) is 5.69 Å². The van der Waals surface area contributed by atoms with E-state index in [1.54, 1.807) is 18.3 Å². The highest BCUT2D eigenvalue weighted by atomic mass is 32.2. The van der Waals surface area contributed by atoms with E-state index in [0.29, 0.717) is 12.2 Å². The maximum atomic E-state index is 12.6. The van der Waals surface area contributed by atoms with Gasteiger partial charge >= 0.3 is 0 Å². The number of carbonyl (C=O) groups is 1. The normalized spacial score (nSPS) is 13.6. The molecule has 0 unspecified atom stereocenters. The molecule has 1 aliphatic carbocycles. The summed E-state index contributed by atoms with van der Waals surface area (Å²) in [5.41, 5.74) is 4.69. The third-order valence-electron chi connectivity index (χ3n) is 5.27. The number of aromatic nitrogens is 3. The fourth-order valence-electron chi connectivity index (χ4n) is 3.85. The molecule has 3 aromatic rings. The number of carbonyl (C=O) groups excluding carboxylic acids is 1. The number of rotatable bonds is 7. The summed E-state index contributed by atoms with van der Waals surface area (Å²) in [6.07, 6.45) is 5.89. The van der Waals surface area contributed by atoms with Gasteiger partial charge in [-0.05, 0) is 62.1 Å². The van der Waals surface area contributed by atoms with Crippen LogP contribution in [0.1, 0.15) is 31.0 Å². The summed E-state index contributed by atoms with van der Waals surface area (Å²) in [6, 6.07) is 11.9. The van der Waals surface area contributed by atoms with E-state index in [2.05, 4.69) is 15.0 Å². The molecule has 0 atom stereocenters. The number of nitrogens with one attached hydrogen (secondary N) is 2. The van der Waals surface area contributed by atoms with E-state index in [0.717, 1.165) is 37.1 Å². The number of anilines is 1. The number of fused-ring (bicyclic) bond motifs is 1. The molecule has 162 valence electrons. The largest absolute Gasteiger partial charge is 0.326 e. The van der Waals surface area contributed by atoms with E-state index in [4.69, 9.17) is 5.10 Å². The van der Waals surface area contributed by atoms with E-state index in [1.165, 1.54) is 30.3 Å². The molecule has 2 aromatic heterocycles. The predicted molar refractivity (Wildman–Crippen MR) is 118 cm³/mol. The number of sulfonamides is 1. The number of hydrogen-bond donors (Lipinski definition) is 2. The third-order valence-corrected chi connectivity index (χ3v) is 6.74. The Labute approximate surface area is 181 Å². The van der Waals surface area contributed by atoms with Gasteiger partial charge in [0.2, 0.25) is 15.9 Å². The highest BCUT2D eigenvalue weighted by Gasteiger charge is 2.22. The summed E-state index contributed by atoms with van der Waals surface area (Å²) in [6.45, 7) is 2.07. The topological polar surface area (TPSA) is 106 Å². The molecular formula is C22H25N5O3S. The molecule has 31 heavy (non-hydrogen) atoms. The van der Waals surface area contributed by atoms with Gasteiger partial charge in [-0.15, -0.1) is 0 Å². The highest BCUT2D eigenvalue weighted by molar-refractivity contribution is 7.89. The molecule has 2 N–H and O–H groups in total. The van der Waals surface area contributed by atoms with Gasteiger partial charge in [-0.2, -0.15) is 5.10 Å². The second-order valence-corrected chi connectivity index (χ2v) is 9.29. The summed E-state index contributed by atoms with van der Waals surface area (Å²) in [4.78, 5) is 15.7. The van der Waals surface area contributed by atoms with Crippen molar-refractivity contribution in [3.63, 3.8) is 0 Å². The molecule has 0 fully saturated rings. The van der Waals surface area contributed by atoms with Crippen molar-refractivity contribution in [1.82, 2.24) is 19.5 Å². The number of benzene rings is 1. The minimum Gasteiger partial charge on any atom is -0.326 e. The lowest BCUT2D eigenvalue weighted by molar-refractivity contribution is -0.114. The van der Waals surface area contributed by atoms with Crippen LogP contribution < -0.4 is 10.0 Å². The first kappa shape index (κ1) is 21.2. The molecule has 1 amide bonds. The van der Waals surface area contributed by atoms with Gasteiger partial charge in [0.15, 0.2) is 0 Å². The molecule has 1 aliphatic rings.